The number of ether oxygens (including phenoxy) is 4. The van der Waals surface area contributed by atoms with Crippen LogP contribution in [0.2, 0.25) is 0 Å². The van der Waals surface area contributed by atoms with Crippen molar-refractivity contribution in [3.63, 3.8) is 0 Å². The molecule has 2 aromatic rings. The molecule has 2 unspecified atom stereocenters. The van der Waals surface area contributed by atoms with Crippen LogP contribution in [0.1, 0.15) is 100.0 Å². The van der Waals surface area contributed by atoms with Crippen molar-refractivity contribution in [2.24, 2.45) is 0 Å². The molecular weight excluding hydrogens is 468 g/mol. The highest BCUT2D eigenvalue weighted by Gasteiger charge is 2.56. The smallest absolute Gasteiger partial charge is 0.121 e. The lowest BCUT2D eigenvalue weighted by Gasteiger charge is -2.30. The predicted molar refractivity (Wildman–Crippen MR) is 145 cm³/mol. The number of fused-ring (bicyclic) bond motifs is 4. The molecule has 2 atom stereocenters. The molecule has 1 spiro atoms. The summed E-state index contributed by atoms with van der Waals surface area (Å²) in [6.07, 6.45) is 1.33. The zero-order chi connectivity index (χ0) is 27.2. The second-order valence-corrected chi connectivity index (χ2v) is 12.1. The molecule has 4 rings (SSSR count). The van der Waals surface area contributed by atoms with E-state index in [-0.39, 0.29) is 40.0 Å². The Morgan fingerprint density at radius 1 is 0.649 bits per heavy atom. The van der Waals surface area contributed by atoms with Crippen molar-refractivity contribution >= 4 is 0 Å². The molecule has 0 saturated carbocycles. The molecule has 0 amide bonds. The fraction of sp³-hybridized carbons (Fsp3) is 0.613. The van der Waals surface area contributed by atoms with Gasteiger partial charge in [0.2, 0.25) is 0 Å². The maximum absolute atomic E-state index is 11.2. The molecule has 2 aromatic carbocycles. The van der Waals surface area contributed by atoms with Gasteiger partial charge in [0.15, 0.2) is 0 Å². The van der Waals surface area contributed by atoms with Gasteiger partial charge in [0.1, 0.15) is 11.5 Å². The molecule has 6 heteroatoms. The van der Waals surface area contributed by atoms with Crippen LogP contribution in [-0.2, 0) is 35.2 Å². The van der Waals surface area contributed by atoms with E-state index in [0.29, 0.717) is 26.4 Å². The fourth-order valence-electron chi connectivity index (χ4n) is 6.86. The highest BCUT2D eigenvalue weighted by molar-refractivity contribution is 5.64. The van der Waals surface area contributed by atoms with Gasteiger partial charge in [-0.2, -0.15) is 0 Å². The lowest BCUT2D eigenvalue weighted by atomic mass is 9.72. The third-order valence-electron chi connectivity index (χ3n) is 8.50. The second-order valence-electron chi connectivity index (χ2n) is 12.1. The van der Waals surface area contributed by atoms with E-state index in [1.165, 1.54) is 11.1 Å². The van der Waals surface area contributed by atoms with Crippen molar-refractivity contribution < 1.29 is 29.2 Å². The van der Waals surface area contributed by atoms with E-state index in [1.54, 1.807) is 14.2 Å². The van der Waals surface area contributed by atoms with E-state index in [1.807, 2.05) is 26.0 Å². The van der Waals surface area contributed by atoms with Crippen LogP contribution in [0.3, 0.4) is 0 Å². The monoisotopic (exact) mass is 512 g/mol. The summed E-state index contributed by atoms with van der Waals surface area (Å²) in [5.74, 6) is 0.515. The molecule has 0 fully saturated rings. The largest absolute Gasteiger partial charge is 0.508 e. The number of hydrogen-bond acceptors (Lipinski definition) is 6. The first-order chi connectivity index (χ1) is 17.4. The minimum atomic E-state index is -0.288. The normalized spacial score (nSPS) is 22.7. The molecule has 0 aromatic heterocycles. The number of benzene rings is 2. The molecule has 2 N–H and O–H groups in total. The molecule has 0 saturated heterocycles. The number of phenols is 2. The topological polar surface area (TPSA) is 77.4 Å². The van der Waals surface area contributed by atoms with Crippen molar-refractivity contribution in [2.75, 3.05) is 40.6 Å². The molecule has 204 valence electrons. The summed E-state index contributed by atoms with van der Waals surface area (Å²) in [4.78, 5) is 0. The van der Waals surface area contributed by atoms with Crippen LogP contribution in [0, 0.1) is 0 Å². The molecule has 0 radical (unpaired) electrons. The molecule has 2 aliphatic carbocycles. The molecule has 0 bridgehead atoms. The van der Waals surface area contributed by atoms with Crippen LogP contribution >= 0.6 is 0 Å². The van der Waals surface area contributed by atoms with Crippen LogP contribution in [0.4, 0.5) is 0 Å². The fourth-order valence-corrected chi connectivity index (χ4v) is 6.86. The van der Waals surface area contributed by atoms with E-state index in [4.69, 9.17) is 18.9 Å². The number of aromatic hydroxyl groups is 2. The summed E-state index contributed by atoms with van der Waals surface area (Å²) < 4.78 is 22.1. The molecular formula is C31H44O6. The number of phenolic OH excluding ortho intramolecular Hbond substituents is 2. The van der Waals surface area contributed by atoms with E-state index in [9.17, 15) is 10.2 Å². The molecule has 6 nitrogen and oxygen atoms in total. The lowest BCUT2D eigenvalue weighted by molar-refractivity contribution is 0.0244. The van der Waals surface area contributed by atoms with E-state index < -0.39 is 0 Å². The first kappa shape index (κ1) is 27.9. The minimum Gasteiger partial charge on any atom is -0.508 e. The maximum Gasteiger partial charge on any atom is 0.121 e. The van der Waals surface area contributed by atoms with Gasteiger partial charge in [-0.25, -0.2) is 0 Å². The number of methoxy groups -OCH3 is 2. The summed E-state index contributed by atoms with van der Waals surface area (Å²) in [6, 6.07) is 8.20. The van der Waals surface area contributed by atoms with Crippen LogP contribution < -0.4 is 0 Å². The Morgan fingerprint density at radius 3 is 1.38 bits per heavy atom. The van der Waals surface area contributed by atoms with Crippen LogP contribution in [-0.4, -0.2) is 50.9 Å². The summed E-state index contributed by atoms with van der Waals surface area (Å²) >= 11 is 0. The Hall–Kier alpha value is -2.12. The minimum absolute atomic E-state index is 0.105. The van der Waals surface area contributed by atoms with Gasteiger partial charge in [-0.05, 0) is 84.0 Å². The molecule has 0 heterocycles. The highest BCUT2D eigenvalue weighted by atomic mass is 16.5. The van der Waals surface area contributed by atoms with Crippen molar-refractivity contribution in [1.29, 1.82) is 0 Å². The Kier molecular flexibility index (Phi) is 7.70. The summed E-state index contributed by atoms with van der Waals surface area (Å²) in [7, 11) is 3.30. The second kappa shape index (κ2) is 10.2. The zero-order valence-corrected chi connectivity index (χ0v) is 23.7. The quantitative estimate of drug-likeness (QED) is 0.370. The Bertz CT molecular complexity index is 1050. The zero-order valence-electron chi connectivity index (χ0n) is 23.7. The number of hydrogen-bond donors (Lipinski definition) is 2. The third kappa shape index (κ3) is 4.89. The van der Waals surface area contributed by atoms with Crippen molar-refractivity contribution in [2.45, 2.75) is 82.8 Å². The average molecular weight is 513 g/mol. The first-order valence-corrected chi connectivity index (χ1v) is 13.3. The first-order valence-electron chi connectivity index (χ1n) is 13.3. The third-order valence-corrected chi connectivity index (χ3v) is 8.50. The van der Waals surface area contributed by atoms with Gasteiger partial charge < -0.3 is 29.2 Å². The Morgan fingerprint density at radius 2 is 1.03 bits per heavy atom. The summed E-state index contributed by atoms with van der Waals surface area (Å²) in [5, 5.41) is 22.4. The van der Waals surface area contributed by atoms with E-state index in [2.05, 4.69) is 39.8 Å². The van der Waals surface area contributed by atoms with Gasteiger partial charge in [0, 0.05) is 30.8 Å². The van der Waals surface area contributed by atoms with Gasteiger partial charge in [0.05, 0.1) is 38.6 Å². The van der Waals surface area contributed by atoms with E-state index >= 15 is 0 Å². The maximum atomic E-state index is 11.2. The highest BCUT2D eigenvalue weighted by Crippen LogP contribution is 2.64. The molecule has 37 heavy (non-hydrogen) atoms. The SMILES string of the molecule is COCCOC(C)c1cc2c(cc1O)C1(CC2(C)C)CC(C)(C)c2cc(C(C)OCCOC)c(O)cc21. The van der Waals surface area contributed by atoms with Gasteiger partial charge in [0.25, 0.3) is 0 Å². The number of rotatable bonds is 10. The van der Waals surface area contributed by atoms with Crippen LogP contribution in [0.5, 0.6) is 11.5 Å². The predicted octanol–water partition coefficient (Wildman–Crippen LogP) is 6.19. The van der Waals surface area contributed by atoms with Gasteiger partial charge in [-0.3, -0.25) is 0 Å². The summed E-state index contributed by atoms with van der Waals surface area (Å²) in [6.45, 7) is 15.0. The average Bonchev–Trinajstić information content (AvgIpc) is 3.17. The summed E-state index contributed by atoms with van der Waals surface area (Å²) in [5.41, 5.74) is 5.91. The van der Waals surface area contributed by atoms with Crippen molar-refractivity contribution in [3.8, 4) is 11.5 Å². The van der Waals surface area contributed by atoms with Crippen molar-refractivity contribution in [3.05, 3.63) is 57.6 Å². The van der Waals surface area contributed by atoms with Crippen molar-refractivity contribution in [1.82, 2.24) is 0 Å². The lowest BCUT2D eigenvalue weighted by Crippen LogP contribution is -2.26. The standard InChI is InChI=1S/C31H44O6/c1-19(36-11-9-34-7)21-13-23-25(15-27(21)32)31(17-29(23,3)4)18-30(5,6)24-14-22(28(33)16-26(24)31)20(2)37-12-10-35-8/h13-16,19-20,32-33H,9-12,17-18H2,1-8H3. The van der Waals surface area contributed by atoms with Gasteiger partial charge in [-0.15, -0.1) is 0 Å². The molecule has 2 aliphatic rings. The molecule has 0 aliphatic heterocycles. The Balaban J connectivity index is 1.79. The Labute approximate surface area is 221 Å². The van der Waals surface area contributed by atoms with Crippen LogP contribution in [0.25, 0.3) is 0 Å². The van der Waals surface area contributed by atoms with Crippen LogP contribution in [0.15, 0.2) is 24.3 Å². The van der Waals surface area contributed by atoms with E-state index in [0.717, 1.165) is 35.1 Å². The van der Waals surface area contributed by atoms with Gasteiger partial charge in [-0.1, -0.05) is 27.7 Å². The van der Waals surface area contributed by atoms with Gasteiger partial charge >= 0.3 is 0 Å².